The number of phenols is 1. The Bertz CT molecular complexity index is 1380. The number of nitrogens with zero attached hydrogens (tertiary/aromatic N) is 3. The van der Waals surface area contributed by atoms with Crippen LogP contribution < -0.4 is 5.32 Å². The molecule has 1 aliphatic rings. The number of carbonyl (C=O) groups is 2. The largest absolute Gasteiger partial charge is 0.506 e. The van der Waals surface area contributed by atoms with Gasteiger partial charge >= 0.3 is 0 Å². The van der Waals surface area contributed by atoms with E-state index in [0.29, 0.717) is 33.5 Å². The number of carbonyl (C=O) groups excluding carboxylic acids is 2. The predicted molar refractivity (Wildman–Crippen MR) is 125 cm³/mol. The van der Waals surface area contributed by atoms with Gasteiger partial charge in [-0.1, -0.05) is 13.0 Å². The lowest BCUT2D eigenvalue weighted by atomic mass is 9.86. The maximum atomic E-state index is 12.9. The average Bonchev–Trinajstić information content (AvgIpc) is 3.06. The minimum absolute atomic E-state index is 0.0186. The zero-order chi connectivity index (χ0) is 24.1. The topological polar surface area (TPSA) is 131 Å². The minimum Gasteiger partial charge on any atom is -0.506 e. The van der Waals surface area contributed by atoms with Crippen LogP contribution in [0.15, 0.2) is 30.5 Å². The Hall–Kier alpha value is -3.27. The van der Waals surface area contributed by atoms with E-state index < -0.39 is 15.3 Å². The van der Waals surface area contributed by atoms with Crippen molar-refractivity contribution in [1.82, 2.24) is 14.8 Å². The van der Waals surface area contributed by atoms with Gasteiger partial charge in [0.1, 0.15) is 17.0 Å². The summed E-state index contributed by atoms with van der Waals surface area (Å²) in [4.78, 5) is 28.7. The molecule has 2 N–H and O–H groups in total. The predicted octanol–water partition coefficient (Wildman–Crippen LogP) is 3.35. The highest BCUT2D eigenvalue weighted by Crippen LogP contribution is 2.38. The number of nitrogens with one attached hydrogen (secondary N) is 1. The van der Waals surface area contributed by atoms with Gasteiger partial charge in [-0.05, 0) is 32.0 Å². The fourth-order valence-corrected chi connectivity index (χ4v) is 6.59. The van der Waals surface area contributed by atoms with Crippen molar-refractivity contribution < 1.29 is 23.1 Å². The van der Waals surface area contributed by atoms with Gasteiger partial charge in [-0.2, -0.15) is 5.10 Å². The van der Waals surface area contributed by atoms with Crippen molar-refractivity contribution in [2.45, 2.75) is 40.2 Å². The summed E-state index contributed by atoms with van der Waals surface area (Å²) in [6.45, 7) is 7.09. The molecule has 0 saturated carbocycles. The first-order valence-corrected chi connectivity index (χ1v) is 12.4. The molecule has 2 aromatic heterocycles. The molecule has 1 fully saturated rings. The van der Waals surface area contributed by atoms with E-state index >= 15 is 0 Å². The molecular formula is C23H26N4O5S. The van der Waals surface area contributed by atoms with Crippen molar-refractivity contribution in [3.63, 3.8) is 0 Å². The maximum Gasteiger partial charge on any atom is 0.221 e. The quantitative estimate of drug-likeness (QED) is 0.417. The number of fused-ring (bicyclic) bond motifs is 1. The number of Topliss-reactive ketones (excluding diaryl/α,β-unsaturated/α-hetero) is 1. The molecule has 0 bridgehead atoms. The molecule has 10 heteroatoms. The molecule has 4 rings (SSSR count). The Kier molecular flexibility index (Phi) is 5.52. The summed E-state index contributed by atoms with van der Waals surface area (Å²) in [6, 6.07) is 6.56. The molecule has 0 atom stereocenters. The normalized spacial score (nSPS) is 16.5. The summed E-state index contributed by atoms with van der Waals surface area (Å²) < 4.78 is 24.9. The Morgan fingerprint density at radius 3 is 2.52 bits per heavy atom. The second-order valence-electron chi connectivity index (χ2n) is 9.33. The van der Waals surface area contributed by atoms with E-state index in [1.807, 2.05) is 20.8 Å². The summed E-state index contributed by atoms with van der Waals surface area (Å²) in [5.41, 5.74) is 2.56. The van der Waals surface area contributed by atoms with Gasteiger partial charge < -0.3 is 10.4 Å². The lowest BCUT2D eigenvalue weighted by molar-refractivity contribution is -0.114. The number of rotatable bonds is 6. The second kappa shape index (κ2) is 7.95. The van der Waals surface area contributed by atoms with Crippen LogP contribution >= 0.6 is 0 Å². The van der Waals surface area contributed by atoms with E-state index in [0.717, 1.165) is 0 Å². The number of pyridine rings is 1. The van der Waals surface area contributed by atoms with E-state index in [-0.39, 0.29) is 41.4 Å². The highest BCUT2D eigenvalue weighted by Gasteiger charge is 2.45. The third-order valence-electron chi connectivity index (χ3n) is 5.66. The van der Waals surface area contributed by atoms with Crippen LogP contribution in [0.5, 0.6) is 5.75 Å². The van der Waals surface area contributed by atoms with E-state index in [4.69, 9.17) is 0 Å². The molecule has 0 radical (unpaired) electrons. The monoisotopic (exact) mass is 470 g/mol. The van der Waals surface area contributed by atoms with Gasteiger partial charge in [0, 0.05) is 42.1 Å². The third-order valence-corrected chi connectivity index (χ3v) is 7.94. The van der Waals surface area contributed by atoms with Crippen LogP contribution in [0.3, 0.4) is 0 Å². The molecular weight excluding hydrogens is 444 g/mol. The highest BCUT2D eigenvalue weighted by atomic mass is 32.2. The van der Waals surface area contributed by atoms with E-state index in [1.165, 1.54) is 19.2 Å². The average molecular weight is 471 g/mol. The van der Waals surface area contributed by atoms with Crippen LogP contribution in [0, 0.1) is 5.41 Å². The second-order valence-corrected chi connectivity index (χ2v) is 11.4. The van der Waals surface area contributed by atoms with Crippen LogP contribution in [0.4, 0.5) is 5.69 Å². The molecule has 9 nitrogen and oxygen atoms in total. The van der Waals surface area contributed by atoms with Crippen LogP contribution in [-0.2, 0) is 14.6 Å². The summed E-state index contributed by atoms with van der Waals surface area (Å²) in [7, 11) is -3.04. The molecule has 0 aliphatic carbocycles. The zero-order valence-corrected chi connectivity index (χ0v) is 19.7. The van der Waals surface area contributed by atoms with Gasteiger partial charge in [0.15, 0.2) is 15.6 Å². The number of anilines is 1. The molecule has 1 amide bonds. The molecule has 1 aliphatic heterocycles. The standard InChI is InChI=1S/C23H26N4O5S/c1-13(2)27-18-7-16(20(30)9-23(4)11-33(31,32)12-23)10-24-22(18)21(26-27)15-5-6-17(19(29)8-15)25-14(3)28/h5-8,10,13,29H,9,11-12H2,1-4H3,(H,25,28). The first-order valence-electron chi connectivity index (χ1n) is 10.6. The van der Waals surface area contributed by atoms with E-state index in [2.05, 4.69) is 15.4 Å². The molecule has 1 saturated heterocycles. The van der Waals surface area contributed by atoms with E-state index in [9.17, 15) is 23.1 Å². The first kappa shape index (κ1) is 22.9. The van der Waals surface area contributed by atoms with Crippen molar-refractivity contribution in [1.29, 1.82) is 0 Å². The lowest BCUT2D eigenvalue weighted by Crippen LogP contribution is -2.47. The molecule has 33 heavy (non-hydrogen) atoms. The van der Waals surface area contributed by atoms with Crippen LogP contribution in [0.1, 0.15) is 50.5 Å². The van der Waals surface area contributed by atoms with E-state index in [1.54, 1.807) is 22.9 Å². The molecule has 3 heterocycles. The highest BCUT2D eigenvalue weighted by molar-refractivity contribution is 7.92. The Morgan fingerprint density at radius 1 is 1.24 bits per heavy atom. The fourth-order valence-electron chi connectivity index (χ4n) is 4.35. The van der Waals surface area contributed by atoms with Gasteiger partial charge in [-0.3, -0.25) is 19.3 Å². The van der Waals surface area contributed by atoms with Gasteiger partial charge in [0.25, 0.3) is 0 Å². The number of hydrogen-bond donors (Lipinski definition) is 2. The van der Waals surface area contributed by atoms with Gasteiger partial charge in [-0.15, -0.1) is 0 Å². The van der Waals surface area contributed by atoms with Crippen molar-refractivity contribution in [3.8, 4) is 17.0 Å². The molecule has 174 valence electrons. The van der Waals surface area contributed by atoms with Crippen molar-refractivity contribution in [3.05, 3.63) is 36.0 Å². The lowest BCUT2D eigenvalue weighted by Gasteiger charge is -2.37. The number of ketones is 1. The Labute approximate surface area is 191 Å². The van der Waals surface area contributed by atoms with Gasteiger partial charge in [-0.25, -0.2) is 8.42 Å². The van der Waals surface area contributed by atoms with Crippen LogP contribution in [-0.4, -0.2) is 51.5 Å². The number of phenolic OH excluding ortho intramolecular Hbond substituents is 1. The summed E-state index contributed by atoms with van der Waals surface area (Å²) in [5, 5.41) is 17.6. The Morgan fingerprint density at radius 2 is 1.94 bits per heavy atom. The van der Waals surface area contributed by atoms with Gasteiger partial charge in [0.05, 0.1) is 22.7 Å². The van der Waals surface area contributed by atoms with Crippen molar-refractivity contribution in [2.75, 3.05) is 16.8 Å². The fraction of sp³-hybridized carbons (Fsp3) is 0.391. The van der Waals surface area contributed by atoms with Gasteiger partial charge in [0.2, 0.25) is 5.91 Å². The first-order chi connectivity index (χ1) is 15.4. The number of aromatic hydroxyl groups is 1. The number of hydrogen-bond acceptors (Lipinski definition) is 7. The summed E-state index contributed by atoms with van der Waals surface area (Å²) in [5.74, 6) is -0.497. The maximum absolute atomic E-state index is 12.9. The SMILES string of the molecule is CC(=O)Nc1ccc(-c2nn(C(C)C)c3cc(C(=O)CC4(C)CS(=O)(=O)C4)cnc23)cc1O. The minimum atomic E-state index is -3.04. The Balaban J connectivity index is 1.71. The third kappa shape index (κ3) is 4.47. The molecule has 0 unspecified atom stereocenters. The number of aromatic nitrogens is 3. The number of sulfone groups is 1. The molecule has 1 aromatic carbocycles. The summed E-state index contributed by atoms with van der Waals surface area (Å²) in [6.07, 6.45) is 1.63. The van der Waals surface area contributed by atoms with Crippen LogP contribution in [0.25, 0.3) is 22.3 Å². The number of amides is 1. The molecule has 0 spiro atoms. The van der Waals surface area contributed by atoms with Crippen molar-refractivity contribution in [2.24, 2.45) is 5.41 Å². The smallest absolute Gasteiger partial charge is 0.221 e. The van der Waals surface area contributed by atoms with Crippen molar-refractivity contribution >= 4 is 38.2 Å². The number of benzene rings is 1. The molecule has 3 aromatic rings. The van der Waals surface area contributed by atoms with Crippen LogP contribution in [0.2, 0.25) is 0 Å². The zero-order valence-electron chi connectivity index (χ0n) is 18.9. The summed E-state index contributed by atoms with van der Waals surface area (Å²) >= 11 is 0.